The summed E-state index contributed by atoms with van der Waals surface area (Å²) in [5.74, 6) is -1.05. The van der Waals surface area contributed by atoms with Crippen molar-refractivity contribution >= 4 is 11.8 Å². The number of hydroxylamine groups is 2. The molecule has 1 aliphatic heterocycles. The molecule has 0 unspecified atom stereocenters. The van der Waals surface area contributed by atoms with Crippen LogP contribution in [0.15, 0.2) is 0 Å². The molecule has 1 aliphatic carbocycles. The van der Waals surface area contributed by atoms with E-state index in [1.54, 1.807) is 0 Å². The van der Waals surface area contributed by atoms with Crippen LogP contribution in [0.1, 0.15) is 32.1 Å². The van der Waals surface area contributed by atoms with Crippen LogP contribution in [0.3, 0.4) is 0 Å². The van der Waals surface area contributed by atoms with E-state index in [4.69, 9.17) is 0 Å². The summed E-state index contributed by atoms with van der Waals surface area (Å²) in [4.78, 5) is 22.3. The molecule has 2 amide bonds. The van der Waals surface area contributed by atoms with Gasteiger partial charge in [-0.25, -0.2) is 0 Å². The van der Waals surface area contributed by atoms with Gasteiger partial charge >= 0.3 is 0 Å². The van der Waals surface area contributed by atoms with Gasteiger partial charge in [0, 0.05) is 6.42 Å². The molecule has 0 atom stereocenters. The minimum atomic E-state index is -0.584. The number of carbonyl (C=O) groups is 2. The molecule has 0 radical (unpaired) electrons. The van der Waals surface area contributed by atoms with Gasteiger partial charge < -0.3 is 10.3 Å². The average Bonchev–Trinajstić information content (AvgIpc) is 2.57. The van der Waals surface area contributed by atoms with E-state index in [1.807, 2.05) is 0 Å². The van der Waals surface area contributed by atoms with Crippen LogP contribution < -0.4 is 0 Å². The first-order valence-corrected chi connectivity index (χ1v) is 4.20. The molecule has 1 heterocycles. The van der Waals surface area contributed by atoms with Gasteiger partial charge in [0.2, 0.25) is 11.8 Å². The number of imide groups is 1. The van der Waals surface area contributed by atoms with Gasteiger partial charge in [-0.1, -0.05) is 12.8 Å². The molecular weight excluding hydrogens is 158 g/mol. The molecule has 0 aromatic carbocycles. The van der Waals surface area contributed by atoms with E-state index in [1.165, 1.54) is 0 Å². The number of nitrogens with zero attached hydrogens (tertiary/aromatic N) is 1. The third-order valence-corrected chi connectivity index (χ3v) is 2.91. The van der Waals surface area contributed by atoms with Gasteiger partial charge in [-0.15, -0.1) is 0 Å². The van der Waals surface area contributed by atoms with Crippen molar-refractivity contribution in [1.82, 2.24) is 5.06 Å². The molecule has 0 N–H and O–H groups in total. The highest BCUT2D eigenvalue weighted by atomic mass is 16.5. The summed E-state index contributed by atoms with van der Waals surface area (Å²) in [6.45, 7) is 0. The van der Waals surface area contributed by atoms with E-state index in [0.717, 1.165) is 25.7 Å². The van der Waals surface area contributed by atoms with Crippen molar-refractivity contribution in [2.75, 3.05) is 0 Å². The molecule has 4 heteroatoms. The molecule has 1 saturated carbocycles. The SMILES string of the molecule is O=C1CC2(CCCC2)C(=O)N1[O-]. The Kier molecular flexibility index (Phi) is 1.48. The molecule has 2 fully saturated rings. The van der Waals surface area contributed by atoms with Crippen LogP contribution in [-0.2, 0) is 9.59 Å². The number of hydrogen-bond donors (Lipinski definition) is 0. The smallest absolute Gasteiger partial charge is 0.225 e. The summed E-state index contributed by atoms with van der Waals surface area (Å²) in [6, 6.07) is 0. The Hall–Kier alpha value is -0.900. The van der Waals surface area contributed by atoms with E-state index >= 15 is 0 Å². The zero-order chi connectivity index (χ0) is 8.77. The van der Waals surface area contributed by atoms with E-state index in [2.05, 4.69) is 0 Å². The normalized spacial score (nSPS) is 27.6. The molecule has 66 valence electrons. The maximum Gasteiger partial charge on any atom is 0.225 e. The van der Waals surface area contributed by atoms with Crippen molar-refractivity contribution in [3.8, 4) is 0 Å². The topological polar surface area (TPSA) is 60.4 Å². The first-order valence-electron chi connectivity index (χ1n) is 4.20. The predicted octanol–water partition coefficient (Wildman–Crippen LogP) is 0.803. The third kappa shape index (κ3) is 0.813. The summed E-state index contributed by atoms with van der Waals surface area (Å²) in [7, 11) is 0. The Balaban J connectivity index is 2.29. The number of rotatable bonds is 0. The lowest BCUT2D eigenvalue weighted by Gasteiger charge is -2.23. The Bertz CT molecular complexity index is 243. The fourth-order valence-corrected chi connectivity index (χ4v) is 2.21. The van der Waals surface area contributed by atoms with Crippen LogP contribution in [0.5, 0.6) is 0 Å². The van der Waals surface area contributed by atoms with Gasteiger partial charge in [-0.2, -0.15) is 0 Å². The lowest BCUT2D eigenvalue weighted by atomic mass is 9.85. The monoisotopic (exact) mass is 168 g/mol. The van der Waals surface area contributed by atoms with Crippen LogP contribution in [0, 0.1) is 10.6 Å². The zero-order valence-electron chi connectivity index (χ0n) is 6.71. The largest absolute Gasteiger partial charge is 0.750 e. The minimum absolute atomic E-state index is 0.0469. The molecular formula is C8H10NO3-. The van der Waals surface area contributed by atoms with E-state index in [-0.39, 0.29) is 11.5 Å². The number of carbonyl (C=O) groups excluding carboxylic acids is 2. The Morgan fingerprint density at radius 3 is 2.25 bits per heavy atom. The molecule has 1 spiro atoms. The van der Waals surface area contributed by atoms with Crippen LogP contribution in [0.4, 0.5) is 0 Å². The van der Waals surface area contributed by atoms with Crippen LogP contribution >= 0.6 is 0 Å². The molecule has 0 aromatic heterocycles. The second-order valence-corrected chi connectivity index (χ2v) is 3.66. The molecule has 1 saturated heterocycles. The Morgan fingerprint density at radius 1 is 1.25 bits per heavy atom. The van der Waals surface area contributed by atoms with Crippen LogP contribution in [-0.4, -0.2) is 16.9 Å². The summed E-state index contributed by atoms with van der Waals surface area (Å²) < 4.78 is 0. The molecule has 2 aliphatic rings. The number of amides is 2. The lowest BCUT2D eigenvalue weighted by Crippen LogP contribution is -2.29. The Labute approximate surface area is 70.1 Å². The molecule has 4 nitrogen and oxygen atoms in total. The van der Waals surface area contributed by atoms with Gasteiger partial charge in [0.1, 0.15) is 0 Å². The molecule has 2 rings (SSSR count). The van der Waals surface area contributed by atoms with Crippen molar-refractivity contribution in [2.45, 2.75) is 32.1 Å². The van der Waals surface area contributed by atoms with Crippen LogP contribution in [0.25, 0.3) is 0 Å². The standard InChI is InChI=1S/C8H10NO3/c10-6-5-8(3-1-2-4-8)7(11)9(6)12/h1-5H2/q-1. The van der Waals surface area contributed by atoms with Gasteiger partial charge in [0.25, 0.3) is 0 Å². The summed E-state index contributed by atoms with van der Waals surface area (Å²) in [5.41, 5.74) is -0.584. The quantitative estimate of drug-likeness (QED) is 0.503. The second-order valence-electron chi connectivity index (χ2n) is 3.66. The third-order valence-electron chi connectivity index (χ3n) is 2.91. The van der Waals surface area contributed by atoms with Crippen molar-refractivity contribution in [1.29, 1.82) is 0 Å². The molecule has 0 bridgehead atoms. The van der Waals surface area contributed by atoms with Gasteiger partial charge in [-0.05, 0) is 12.8 Å². The predicted molar refractivity (Wildman–Crippen MR) is 40.7 cm³/mol. The van der Waals surface area contributed by atoms with Gasteiger partial charge in [0.15, 0.2) is 0 Å². The highest BCUT2D eigenvalue weighted by Gasteiger charge is 2.49. The van der Waals surface area contributed by atoms with E-state index < -0.39 is 17.2 Å². The summed E-state index contributed by atoms with van der Waals surface area (Å²) >= 11 is 0. The van der Waals surface area contributed by atoms with Crippen molar-refractivity contribution in [3.05, 3.63) is 5.21 Å². The van der Waals surface area contributed by atoms with Gasteiger partial charge in [-0.3, -0.25) is 9.59 Å². The Morgan fingerprint density at radius 2 is 1.83 bits per heavy atom. The fraction of sp³-hybridized carbons (Fsp3) is 0.750. The van der Waals surface area contributed by atoms with E-state index in [0.29, 0.717) is 0 Å². The van der Waals surface area contributed by atoms with Crippen molar-refractivity contribution < 1.29 is 9.59 Å². The highest BCUT2D eigenvalue weighted by Crippen LogP contribution is 2.46. The molecule has 12 heavy (non-hydrogen) atoms. The maximum absolute atomic E-state index is 11.3. The van der Waals surface area contributed by atoms with Crippen molar-refractivity contribution in [3.63, 3.8) is 0 Å². The molecule has 0 aromatic rings. The highest BCUT2D eigenvalue weighted by molar-refractivity contribution is 6.06. The fourth-order valence-electron chi connectivity index (χ4n) is 2.21. The van der Waals surface area contributed by atoms with Gasteiger partial charge in [0.05, 0.1) is 5.41 Å². The summed E-state index contributed by atoms with van der Waals surface area (Å²) in [5, 5.41) is 10.9. The first kappa shape index (κ1) is 7.73. The first-order chi connectivity index (χ1) is 5.66. The maximum atomic E-state index is 11.3. The zero-order valence-corrected chi connectivity index (χ0v) is 6.71. The van der Waals surface area contributed by atoms with Crippen molar-refractivity contribution in [2.24, 2.45) is 5.41 Å². The second kappa shape index (κ2) is 2.29. The van der Waals surface area contributed by atoms with E-state index in [9.17, 15) is 14.8 Å². The lowest BCUT2D eigenvalue weighted by molar-refractivity contribution is -0.138. The van der Waals surface area contributed by atoms with Crippen LogP contribution in [0.2, 0.25) is 0 Å². The summed E-state index contributed by atoms with van der Waals surface area (Å²) in [6.07, 6.45) is 3.52. The average molecular weight is 168 g/mol. The minimum Gasteiger partial charge on any atom is -0.750 e. The number of hydrogen-bond acceptors (Lipinski definition) is 3.